The SMILES string of the molecule is CCCCCCNC=O.Clc1csnc1Cl. The molecule has 0 atom stereocenters. The summed E-state index contributed by atoms with van der Waals surface area (Å²) in [7, 11) is 0. The van der Waals surface area contributed by atoms with Crippen LogP contribution in [-0.2, 0) is 4.79 Å². The molecule has 1 amide bonds. The van der Waals surface area contributed by atoms with E-state index in [4.69, 9.17) is 23.2 Å². The number of unbranched alkanes of at least 4 members (excludes halogenated alkanes) is 3. The van der Waals surface area contributed by atoms with Crippen LogP contribution in [0.15, 0.2) is 5.38 Å². The highest BCUT2D eigenvalue weighted by molar-refractivity contribution is 7.04. The Labute approximate surface area is 110 Å². The van der Waals surface area contributed by atoms with Crippen LogP contribution < -0.4 is 5.32 Å². The minimum absolute atomic E-state index is 0.395. The average Bonchev–Trinajstić information content (AvgIpc) is 2.64. The molecule has 92 valence electrons. The first kappa shape index (κ1) is 15.7. The molecule has 16 heavy (non-hydrogen) atoms. The van der Waals surface area contributed by atoms with Crippen LogP contribution in [0.25, 0.3) is 0 Å². The quantitative estimate of drug-likeness (QED) is 0.638. The highest BCUT2D eigenvalue weighted by Crippen LogP contribution is 2.20. The molecular formula is C10H16Cl2N2OS. The van der Waals surface area contributed by atoms with Crippen molar-refractivity contribution < 1.29 is 4.79 Å². The molecule has 0 bridgehead atoms. The minimum Gasteiger partial charge on any atom is -0.359 e. The molecule has 0 aliphatic rings. The Kier molecular flexibility index (Phi) is 11.0. The van der Waals surface area contributed by atoms with Gasteiger partial charge in [0.1, 0.15) is 0 Å². The second-order valence-corrected chi connectivity index (χ2v) is 4.48. The Morgan fingerprint density at radius 2 is 2.19 bits per heavy atom. The lowest BCUT2D eigenvalue weighted by Gasteiger charge is -1.96. The topological polar surface area (TPSA) is 42.0 Å². The summed E-state index contributed by atoms with van der Waals surface area (Å²) >= 11 is 12.1. The van der Waals surface area contributed by atoms with E-state index >= 15 is 0 Å². The molecule has 0 unspecified atom stereocenters. The molecule has 0 saturated carbocycles. The van der Waals surface area contributed by atoms with Crippen LogP contribution in [0.2, 0.25) is 10.2 Å². The Bertz CT molecular complexity index is 265. The smallest absolute Gasteiger partial charge is 0.207 e. The molecule has 0 aliphatic heterocycles. The Hall–Kier alpha value is -0.320. The first-order valence-electron chi connectivity index (χ1n) is 5.14. The molecular weight excluding hydrogens is 267 g/mol. The third kappa shape index (κ3) is 8.95. The molecule has 0 aliphatic carbocycles. The fraction of sp³-hybridized carbons (Fsp3) is 0.600. The van der Waals surface area contributed by atoms with Gasteiger partial charge in [-0.25, -0.2) is 0 Å². The highest BCUT2D eigenvalue weighted by Gasteiger charge is 1.94. The zero-order valence-corrected chi connectivity index (χ0v) is 11.5. The monoisotopic (exact) mass is 282 g/mol. The van der Waals surface area contributed by atoms with Gasteiger partial charge in [0.2, 0.25) is 6.41 Å². The van der Waals surface area contributed by atoms with Gasteiger partial charge in [0.05, 0.1) is 5.02 Å². The number of rotatable bonds is 6. The predicted molar refractivity (Wildman–Crippen MR) is 70.3 cm³/mol. The van der Waals surface area contributed by atoms with Crippen LogP contribution >= 0.6 is 34.7 Å². The third-order valence-electron chi connectivity index (χ3n) is 1.74. The van der Waals surface area contributed by atoms with Crippen molar-refractivity contribution in [3.05, 3.63) is 15.6 Å². The summed E-state index contributed by atoms with van der Waals surface area (Å²) in [5.41, 5.74) is 0. The van der Waals surface area contributed by atoms with Gasteiger partial charge in [-0.15, -0.1) is 0 Å². The van der Waals surface area contributed by atoms with E-state index < -0.39 is 0 Å². The molecule has 0 fully saturated rings. The van der Waals surface area contributed by atoms with E-state index in [0.717, 1.165) is 19.4 Å². The lowest BCUT2D eigenvalue weighted by Crippen LogP contribution is -2.11. The van der Waals surface area contributed by atoms with Crippen molar-refractivity contribution in [1.29, 1.82) is 0 Å². The second-order valence-electron chi connectivity index (χ2n) is 3.09. The number of nitrogens with one attached hydrogen (secondary N) is 1. The van der Waals surface area contributed by atoms with E-state index in [2.05, 4.69) is 16.6 Å². The summed E-state index contributed by atoms with van der Waals surface area (Å²) in [6, 6.07) is 0. The molecule has 1 heterocycles. The maximum absolute atomic E-state index is 9.73. The normalized spacial score (nSPS) is 9.19. The summed E-state index contributed by atoms with van der Waals surface area (Å²) in [6.45, 7) is 3.01. The van der Waals surface area contributed by atoms with Gasteiger partial charge in [0, 0.05) is 11.9 Å². The maximum atomic E-state index is 9.73. The molecule has 0 radical (unpaired) electrons. The fourth-order valence-corrected chi connectivity index (χ4v) is 1.82. The molecule has 1 aromatic heterocycles. The van der Waals surface area contributed by atoms with E-state index in [1.54, 1.807) is 5.38 Å². The van der Waals surface area contributed by atoms with Gasteiger partial charge >= 0.3 is 0 Å². The van der Waals surface area contributed by atoms with Crippen LogP contribution in [0.4, 0.5) is 0 Å². The van der Waals surface area contributed by atoms with E-state index in [9.17, 15) is 4.79 Å². The number of amides is 1. The van der Waals surface area contributed by atoms with Crippen molar-refractivity contribution in [1.82, 2.24) is 9.69 Å². The summed E-state index contributed by atoms with van der Waals surface area (Å²) in [4.78, 5) is 9.73. The summed E-state index contributed by atoms with van der Waals surface area (Å²) in [5.74, 6) is 0. The predicted octanol–water partition coefficient (Wildman–Crippen LogP) is 3.76. The number of carbonyl (C=O) groups excluding carboxylic acids is 1. The van der Waals surface area contributed by atoms with Crippen LogP contribution in [0, 0.1) is 0 Å². The Balaban J connectivity index is 0.000000288. The molecule has 0 aromatic carbocycles. The van der Waals surface area contributed by atoms with Crippen molar-refractivity contribution in [2.24, 2.45) is 0 Å². The first-order chi connectivity index (χ1) is 7.72. The van der Waals surface area contributed by atoms with E-state index in [-0.39, 0.29) is 0 Å². The van der Waals surface area contributed by atoms with Crippen molar-refractivity contribution in [2.75, 3.05) is 6.54 Å². The molecule has 3 nitrogen and oxygen atoms in total. The molecule has 1 N–H and O–H groups in total. The minimum atomic E-state index is 0.395. The summed E-state index contributed by atoms with van der Waals surface area (Å²) in [5, 5.41) is 5.24. The zero-order valence-electron chi connectivity index (χ0n) is 9.21. The average molecular weight is 283 g/mol. The fourth-order valence-electron chi connectivity index (χ4n) is 0.924. The van der Waals surface area contributed by atoms with E-state index in [0.29, 0.717) is 10.2 Å². The molecule has 6 heteroatoms. The lowest BCUT2D eigenvalue weighted by molar-refractivity contribution is -0.109. The van der Waals surface area contributed by atoms with Crippen molar-refractivity contribution >= 4 is 41.1 Å². The number of hydrogen-bond donors (Lipinski definition) is 1. The van der Waals surface area contributed by atoms with E-state index in [1.165, 1.54) is 30.8 Å². The van der Waals surface area contributed by atoms with Crippen LogP contribution in [0.1, 0.15) is 32.6 Å². The van der Waals surface area contributed by atoms with Crippen molar-refractivity contribution in [3.8, 4) is 0 Å². The van der Waals surface area contributed by atoms with Crippen LogP contribution in [0.3, 0.4) is 0 Å². The van der Waals surface area contributed by atoms with Gasteiger partial charge in [-0.1, -0.05) is 49.4 Å². The van der Waals surface area contributed by atoms with Crippen LogP contribution in [0.5, 0.6) is 0 Å². The number of aromatic nitrogens is 1. The van der Waals surface area contributed by atoms with Gasteiger partial charge in [-0.2, -0.15) is 4.37 Å². The second kappa shape index (κ2) is 11.2. The van der Waals surface area contributed by atoms with Gasteiger partial charge in [0.15, 0.2) is 5.15 Å². The van der Waals surface area contributed by atoms with Crippen LogP contribution in [-0.4, -0.2) is 17.3 Å². The highest BCUT2D eigenvalue weighted by atomic mass is 35.5. The summed E-state index contributed by atoms with van der Waals surface area (Å²) in [6.07, 6.45) is 5.64. The number of halogens is 2. The molecule has 1 aromatic rings. The van der Waals surface area contributed by atoms with Gasteiger partial charge in [-0.05, 0) is 18.0 Å². The lowest BCUT2D eigenvalue weighted by atomic mass is 10.2. The number of carbonyl (C=O) groups is 1. The zero-order chi connectivity index (χ0) is 12.2. The standard InChI is InChI=1S/C7H15NO.C3HCl2NS/c1-2-3-4-5-6-8-7-9;4-2-1-7-6-3(2)5/h7H,2-6H2,1H3,(H,8,9);1H. The van der Waals surface area contributed by atoms with Crippen molar-refractivity contribution in [3.63, 3.8) is 0 Å². The third-order valence-corrected chi connectivity index (χ3v) is 3.28. The van der Waals surface area contributed by atoms with Gasteiger partial charge < -0.3 is 5.32 Å². The van der Waals surface area contributed by atoms with Gasteiger partial charge in [-0.3, -0.25) is 4.79 Å². The number of nitrogens with zero attached hydrogens (tertiary/aromatic N) is 1. The number of hydrogen-bond acceptors (Lipinski definition) is 3. The van der Waals surface area contributed by atoms with Gasteiger partial charge in [0.25, 0.3) is 0 Å². The van der Waals surface area contributed by atoms with Crippen molar-refractivity contribution in [2.45, 2.75) is 32.6 Å². The maximum Gasteiger partial charge on any atom is 0.207 e. The molecule has 1 rings (SSSR count). The molecule has 0 spiro atoms. The Morgan fingerprint density at radius 1 is 1.44 bits per heavy atom. The largest absolute Gasteiger partial charge is 0.359 e. The molecule has 0 saturated heterocycles. The first-order valence-corrected chi connectivity index (χ1v) is 6.74. The van der Waals surface area contributed by atoms with E-state index in [1.807, 2.05) is 0 Å². The Morgan fingerprint density at radius 3 is 2.56 bits per heavy atom. The summed E-state index contributed by atoms with van der Waals surface area (Å²) < 4.78 is 3.69.